The molecule has 0 heterocycles. The summed E-state index contributed by atoms with van der Waals surface area (Å²) in [5, 5.41) is 4.28. The van der Waals surface area contributed by atoms with Crippen LogP contribution in [-0.2, 0) is 19.4 Å². The molecule has 0 amide bonds. The summed E-state index contributed by atoms with van der Waals surface area (Å²) in [5.41, 5.74) is 4.13. The molecule has 1 N–H and O–H groups in total. The Kier molecular flexibility index (Phi) is 3.95. The van der Waals surface area contributed by atoms with Gasteiger partial charge in [0.25, 0.3) is 0 Å². The highest BCUT2D eigenvalue weighted by Gasteiger charge is 2.20. The molecule has 2 aromatic rings. The van der Waals surface area contributed by atoms with E-state index in [1.807, 2.05) is 12.1 Å². The minimum Gasteiger partial charge on any atom is -0.495 e. The van der Waals surface area contributed by atoms with Crippen LogP contribution in [0.4, 0.5) is 0 Å². The SMILES string of the molecule is COc1ccc(CNC2Cc3ccccc3C2)cc1Cl. The van der Waals surface area contributed by atoms with Gasteiger partial charge in [-0.1, -0.05) is 41.9 Å². The number of ether oxygens (including phenoxy) is 1. The van der Waals surface area contributed by atoms with E-state index in [2.05, 4.69) is 35.6 Å². The molecule has 0 aliphatic heterocycles. The van der Waals surface area contributed by atoms with Crippen LogP contribution in [-0.4, -0.2) is 13.2 Å². The summed E-state index contributed by atoms with van der Waals surface area (Å²) >= 11 is 6.15. The van der Waals surface area contributed by atoms with Gasteiger partial charge < -0.3 is 10.1 Å². The van der Waals surface area contributed by atoms with Crippen molar-refractivity contribution in [2.75, 3.05) is 7.11 Å². The van der Waals surface area contributed by atoms with Gasteiger partial charge in [-0.05, 0) is 41.7 Å². The molecule has 3 heteroatoms. The molecule has 0 bridgehead atoms. The highest BCUT2D eigenvalue weighted by molar-refractivity contribution is 6.32. The fourth-order valence-electron chi connectivity index (χ4n) is 2.79. The highest BCUT2D eigenvalue weighted by Crippen LogP contribution is 2.25. The van der Waals surface area contributed by atoms with E-state index < -0.39 is 0 Å². The Balaban J connectivity index is 1.60. The summed E-state index contributed by atoms with van der Waals surface area (Å²) < 4.78 is 5.17. The predicted octanol–water partition coefficient (Wildman–Crippen LogP) is 3.61. The van der Waals surface area contributed by atoms with Crippen molar-refractivity contribution in [1.29, 1.82) is 0 Å². The third-order valence-electron chi connectivity index (χ3n) is 3.86. The van der Waals surface area contributed by atoms with Crippen LogP contribution >= 0.6 is 11.6 Å². The molecular weight excluding hydrogens is 270 g/mol. The van der Waals surface area contributed by atoms with Crippen molar-refractivity contribution in [1.82, 2.24) is 5.32 Å². The Morgan fingerprint density at radius 2 is 1.85 bits per heavy atom. The summed E-state index contributed by atoms with van der Waals surface area (Å²) in [6, 6.07) is 15.1. The Labute approximate surface area is 124 Å². The minimum absolute atomic E-state index is 0.522. The second kappa shape index (κ2) is 5.86. The molecule has 0 atom stereocenters. The van der Waals surface area contributed by atoms with Gasteiger partial charge >= 0.3 is 0 Å². The maximum atomic E-state index is 6.15. The molecule has 0 unspecified atom stereocenters. The van der Waals surface area contributed by atoms with Gasteiger partial charge in [0.05, 0.1) is 12.1 Å². The molecule has 0 saturated carbocycles. The molecule has 0 spiro atoms. The van der Waals surface area contributed by atoms with Crippen LogP contribution in [0.1, 0.15) is 16.7 Å². The van der Waals surface area contributed by atoms with E-state index >= 15 is 0 Å². The fourth-order valence-corrected chi connectivity index (χ4v) is 3.07. The first-order valence-electron chi connectivity index (χ1n) is 6.89. The van der Waals surface area contributed by atoms with E-state index in [0.29, 0.717) is 11.1 Å². The topological polar surface area (TPSA) is 21.3 Å². The molecular formula is C17H18ClNO. The Morgan fingerprint density at radius 1 is 1.15 bits per heavy atom. The van der Waals surface area contributed by atoms with Gasteiger partial charge in [0.1, 0.15) is 5.75 Å². The molecule has 3 rings (SSSR count). The van der Waals surface area contributed by atoms with E-state index in [9.17, 15) is 0 Å². The standard InChI is InChI=1S/C17H18ClNO/c1-20-17-7-6-12(8-16(17)18)11-19-15-9-13-4-2-3-5-14(13)10-15/h2-8,15,19H,9-11H2,1H3. The molecule has 0 fully saturated rings. The maximum Gasteiger partial charge on any atom is 0.137 e. The Hall–Kier alpha value is -1.51. The summed E-state index contributed by atoms with van der Waals surface area (Å²) in [6.45, 7) is 0.836. The van der Waals surface area contributed by atoms with Gasteiger partial charge in [-0.3, -0.25) is 0 Å². The quantitative estimate of drug-likeness (QED) is 0.928. The summed E-state index contributed by atoms with van der Waals surface area (Å²) in [5.74, 6) is 0.726. The van der Waals surface area contributed by atoms with Crippen molar-refractivity contribution in [2.45, 2.75) is 25.4 Å². The number of hydrogen-bond donors (Lipinski definition) is 1. The van der Waals surface area contributed by atoms with E-state index in [4.69, 9.17) is 16.3 Å². The lowest BCUT2D eigenvalue weighted by atomic mass is 10.1. The van der Waals surface area contributed by atoms with Crippen molar-refractivity contribution in [3.05, 3.63) is 64.2 Å². The summed E-state index contributed by atoms with van der Waals surface area (Å²) in [6.07, 6.45) is 2.22. The Bertz CT molecular complexity index is 587. The largest absolute Gasteiger partial charge is 0.495 e. The number of benzene rings is 2. The molecule has 0 saturated heterocycles. The normalized spacial score (nSPS) is 14.3. The molecule has 2 nitrogen and oxygen atoms in total. The monoisotopic (exact) mass is 287 g/mol. The minimum atomic E-state index is 0.522. The molecule has 0 aromatic heterocycles. The number of fused-ring (bicyclic) bond motifs is 1. The number of methoxy groups -OCH3 is 1. The van der Waals surface area contributed by atoms with Crippen LogP contribution in [0.25, 0.3) is 0 Å². The average Bonchev–Trinajstić information content (AvgIpc) is 2.88. The van der Waals surface area contributed by atoms with Gasteiger partial charge in [0.2, 0.25) is 0 Å². The third kappa shape index (κ3) is 2.82. The zero-order valence-electron chi connectivity index (χ0n) is 11.5. The van der Waals surface area contributed by atoms with Crippen LogP contribution in [0.2, 0.25) is 5.02 Å². The van der Waals surface area contributed by atoms with E-state index in [0.717, 1.165) is 25.1 Å². The lowest BCUT2D eigenvalue weighted by molar-refractivity contribution is 0.414. The van der Waals surface area contributed by atoms with Gasteiger partial charge in [0, 0.05) is 12.6 Å². The smallest absolute Gasteiger partial charge is 0.137 e. The molecule has 20 heavy (non-hydrogen) atoms. The molecule has 2 aromatic carbocycles. The zero-order chi connectivity index (χ0) is 13.9. The second-order valence-electron chi connectivity index (χ2n) is 5.22. The highest BCUT2D eigenvalue weighted by atomic mass is 35.5. The maximum absolute atomic E-state index is 6.15. The van der Waals surface area contributed by atoms with Crippen LogP contribution in [0.3, 0.4) is 0 Å². The molecule has 1 aliphatic carbocycles. The second-order valence-corrected chi connectivity index (χ2v) is 5.63. The first-order chi connectivity index (χ1) is 9.76. The summed E-state index contributed by atoms with van der Waals surface area (Å²) in [4.78, 5) is 0. The molecule has 1 aliphatic rings. The van der Waals surface area contributed by atoms with Crippen molar-refractivity contribution in [3.63, 3.8) is 0 Å². The van der Waals surface area contributed by atoms with Crippen molar-refractivity contribution < 1.29 is 4.74 Å². The average molecular weight is 288 g/mol. The van der Waals surface area contributed by atoms with Crippen molar-refractivity contribution in [2.24, 2.45) is 0 Å². The van der Waals surface area contributed by atoms with Crippen LogP contribution in [0, 0.1) is 0 Å². The number of rotatable bonds is 4. The third-order valence-corrected chi connectivity index (χ3v) is 4.16. The number of nitrogens with one attached hydrogen (secondary N) is 1. The summed E-state index contributed by atoms with van der Waals surface area (Å²) in [7, 11) is 1.63. The van der Waals surface area contributed by atoms with Gasteiger partial charge in [-0.25, -0.2) is 0 Å². The van der Waals surface area contributed by atoms with Crippen molar-refractivity contribution in [3.8, 4) is 5.75 Å². The van der Waals surface area contributed by atoms with Crippen LogP contribution in [0.15, 0.2) is 42.5 Å². The predicted molar refractivity (Wildman–Crippen MR) is 82.5 cm³/mol. The molecule has 0 radical (unpaired) electrons. The first-order valence-corrected chi connectivity index (χ1v) is 7.26. The van der Waals surface area contributed by atoms with Crippen LogP contribution < -0.4 is 10.1 Å². The van der Waals surface area contributed by atoms with Crippen molar-refractivity contribution >= 4 is 11.6 Å². The van der Waals surface area contributed by atoms with Gasteiger partial charge in [-0.2, -0.15) is 0 Å². The van der Waals surface area contributed by atoms with E-state index in [-0.39, 0.29) is 0 Å². The van der Waals surface area contributed by atoms with Crippen LogP contribution in [0.5, 0.6) is 5.75 Å². The Morgan fingerprint density at radius 3 is 2.45 bits per heavy atom. The van der Waals surface area contributed by atoms with E-state index in [1.54, 1.807) is 7.11 Å². The number of halogens is 1. The lowest BCUT2D eigenvalue weighted by Crippen LogP contribution is -2.28. The van der Waals surface area contributed by atoms with Gasteiger partial charge in [0.15, 0.2) is 0 Å². The van der Waals surface area contributed by atoms with Gasteiger partial charge in [-0.15, -0.1) is 0 Å². The molecule has 104 valence electrons. The first kappa shape index (κ1) is 13.5. The zero-order valence-corrected chi connectivity index (χ0v) is 12.3. The fraction of sp³-hybridized carbons (Fsp3) is 0.294. The lowest BCUT2D eigenvalue weighted by Gasteiger charge is -2.12. The number of hydrogen-bond acceptors (Lipinski definition) is 2. The van der Waals surface area contributed by atoms with E-state index in [1.165, 1.54) is 16.7 Å².